The molecule has 0 unspecified atom stereocenters. The van der Waals surface area contributed by atoms with Gasteiger partial charge in [-0.25, -0.2) is 0 Å². The van der Waals surface area contributed by atoms with Gasteiger partial charge in [0.15, 0.2) is 4.80 Å². The Hall–Kier alpha value is -2.25. The molecular formula is C19H17BrN2O3S. The Morgan fingerprint density at radius 1 is 1.19 bits per heavy atom. The lowest BCUT2D eigenvalue weighted by Gasteiger charge is -2.05. The number of esters is 1. The molecule has 0 saturated carbocycles. The first-order valence-corrected chi connectivity index (χ1v) is 9.69. The molecule has 26 heavy (non-hydrogen) atoms. The van der Waals surface area contributed by atoms with Crippen molar-refractivity contribution in [2.24, 2.45) is 4.99 Å². The monoisotopic (exact) mass is 432 g/mol. The van der Waals surface area contributed by atoms with Gasteiger partial charge in [0.05, 0.1) is 16.8 Å². The zero-order valence-electron chi connectivity index (χ0n) is 14.4. The van der Waals surface area contributed by atoms with E-state index in [-0.39, 0.29) is 18.4 Å². The van der Waals surface area contributed by atoms with E-state index < -0.39 is 0 Å². The Morgan fingerprint density at radius 2 is 1.92 bits per heavy atom. The fourth-order valence-electron chi connectivity index (χ4n) is 2.50. The average Bonchev–Trinajstić information content (AvgIpc) is 2.92. The van der Waals surface area contributed by atoms with Crippen LogP contribution in [0.25, 0.3) is 10.2 Å². The highest BCUT2D eigenvalue weighted by Crippen LogP contribution is 2.19. The summed E-state index contributed by atoms with van der Waals surface area (Å²) in [5, 5.41) is 0. The van der Waals surface area contributed by atoms with Crippen molar-refractivity contribution in [2.45, 2.75) is 20.4 Å². The third kappa shape index (κ3) is 4.11. The molecule has 0 bridgehead atoms. The number of nitrogens with zero attached hydrogens (tertiary/aromatic N) is 2. The highest BCUT2D eigenvalue weighted by atomic mass is 79.9. The number of amides is 1. The van der Waals surface area contributed by atoms with E-state index in [1.807, 2.05) is 25.1 Å². The topological polar surface area (TPSA) is 60.7 Å². The molecule has 0 spiro atoms. The van der Waals surface area contributed by atoms with Crippen LogP contribution in [0, 0.1) is 6.92 Å². The molecule has 0 N–H and O–H groups in total. The number of hydrogen-bond donors (Lipinski definition) is 0. The molecule has 5 nitrogen and oxygen atoms in total. The minimum absolute atomic E-state index is 0.0172. The molecule has 0 aliphatic carbocycles. The number of aromatic nitrogens is 1. The van der Waals surface area contributed by atoms with Crippen LogP contribution in [0.5, 0.6) is 0 Å². The van der Waals surface area contributed by atoms with Gasteiger partial charge in [0.1, 0.15) is 6.54 Å². The summed E-state index contributed by atoms with van der Waals surface area (Å²) in [6.45, 7) is 4.09. The Labute approximate surface area is 163 Å². The molecule has 134 valence electrons. The molecule has 0 fully saturated rings. The van der Waals surface area contributed by atoms with E-state index in [4.69, 9.17) is 4.74 Å². The summed E-state index contributed by atoms with van der Waals surface area (Å²) in [5.41, 5.74) is 2.45. The smallest absolute Gasteiger partial charge is 0.326 e. The van der Waals surface area contributed by atoms with Gasteiger partial charge in [-0.3, -0.25) is 9.59 Å². The van der Waals surface area contributed by atoms with E-state index in [1.165, 1.54) is 11.3 Å². The highest BCUT2D eigenvalue weighted by molar-refractivity contribution is 9.10. The number of carbonyl (C=O) groups is 2. The van der Waals surface area contributed by atoms with E-state index in [0.29, 0.717) is 17.0 Å². The highest BCUT2D eigenvalue weighted by Gasteiger charge is 2.13. The zero-order valence-corrected chi connectivity index (χ0v) is 16.8. The number of ether oxygens (including phenoxy) is 1. The van der Waals surface area contributed by atoms with E-state index in [2.05, 4.69) is 20.9 Å². The predicted molar refractivity (Wildman–Crippen MR) is 105 cm³/mol. The summed E-state index contributed by atoms with van der Waals surface area (Å²) < 4.78 is 8.65. The van der Waals surface area contributed by atoms with Crippen molar-refractivity contribution in [2.75, 3.05) is 6.61 Å². The van der Waals surface area contributed by atoms with Gasteiger partial charge in [0.25, 0.3) is 5.91 Å². The van der Waals surface area contributed by atoms with Gasteiger partial charge in [-0.1, -0.05) is 33.3 Å². The third-order valence-electron chi connectivity index (χ3n) is 3.72. The number of benzene rings is 2. The Kier molecular flexibility index (Phi) is 5.68. The SMILES string of the molecule is CCOC(=O)Cn1c(=NC(=O)c2ccc(Br)cc2)sc2cc(C)ccc21. The van der Waals surface area contributed by atoms with Crippen LogP contribution in [0.2, 0.25) is 0 Å². The Morgan fingerprint density at radius 3 is 2.62 bits per heavy atom. The molecule has 0 radical (unpaired) electrons. The van der Waals surface area contributed by atoms with Gasteiger partial charge in [0, 0.05) is 10.0 Å². The summed E-state index contributed by atoms with van der Waals surface area (Å²) in [4.78, 5) is 29.3. The standard InChI is InChI=1S/C19H17BrN2O3S/c1-3-25-17(23)11-22-15-9-4-12(2)10-16(15)26-19(22)21-18(24)13-5-7-14(20)8-6-13/h4-10H,3,11H2,1-2H3. The largest absolute Gasteiger partial charge is 0.465 e. The minimum Gasteiger partial charge on any atom is -0.465 e. The number of halogens is 1. The van der Waals surface area contributed by atoms with E-state index in [9.17, 15) is 9.59 Å². The normalized spacial score (nSPS) is 11.7. The zero-order chi connectivity index (χ0) is 18.7. The second kappa shape index (κ2) is 7.97. The van der Waals surface area contributed by atoms with Crippen molar-refractivity contribution >= 4 is 49.4 Å². The van der Waals surface area contributed by atoms with Gasteiger partial charge in [-0.05, 0) is 55.8 Å². The molecule has 0 aliphatic rings. The summed E-state index contributed by atoms with van der Waals surface area (Å²) in [6.07, 6.45) is 0. The first-order valence-electron chi connectivity index (χ1n) is 8.08. The van der Waals surface area contributed by atoms with Gasteiger partial charge >= 0.3 is 5.97 Å². The number of fused-ring (bicyclic) bond motifs is 1. The summed E-state index contributed by atoms with van der Waals surface area (Å²) in [7, 11) is 0. The van der Waals surface area contributed by atoms with Crippen LogP contribution in [-0.4, -0.2) is 23.1 Å². The van der Waals surface area contributed by atoms with Crippen molar-refractivity contribution in [1.29, 1.82) is 0 Å². The number of rotatable bonds is 4. The van der Waals surface area contributed by atoms with Crippen molar-refractivity contribution < 1.29 is 14.3 Å². The van der Waals surface area contributed by atoms with E-state index in [1.54, 1.807) is 35.8 Å². The van der Waals surface area contributed by atoms with Crippen molar-refractivity contribution in [3.05, 3.63) is 62.9 Å². The molecule has 1 amide bonds. The molecule has 3 aromatic rings. The second-order valence-corrected chi connectivity index (χ2v) is 7.60. The summed E-state index contributed by atoms with van der Waals surface area (Å²) in [6, 6.07) is 12.9. The second-order valence-electron chi connectivity index (χ2n) is 5.67. The van der Waals surface area contributed by atoms with Gasteiger partial charge < -0.3 is 9.30 Å². The quantitative estimate of drug-likeness (QED) is 0.583. The van der Waals surface area contributed by atoms with Crippen molar-refractivity contribution in [1.82, 2.24) is 4.57 Å². The molecule has 0 atom stereocenters. The van der Waals surface area contributed by atoms with Crippen molar-refractivity contribution in [3.63, 3.8) is 0 Å². The number of aryl methyl sites for hydroxylation is 1. The van der Waals surface area contributed by atoms with Gasteiger partial charge in [-0.2, -0.15) is 4.99 Å². The molecular weight excluding hydrogens is 416 g/mol. The van der Waals surface area contributed by atoms with Gasteiger partial charge in [0.2, 0.25) is 0 Å². The Bertz CT molecular complexity index is 1040. The molecule has 7 heteroatoms. The maximum absolute atomic E-state index is 12.5. The summed E-state index contributed by atoms with van der Waals surface area (Å²) in [5.74, 6) is -0.705. The molecule has 1 aromatic heterocycles. The first kappa shape index (κ1) is 18.5. The van der Waals surface area contributed by atoms with Crippen LogP contribution in [0.4, 0.5) is 0 Å². The van der Waals surface area contributed by atoms with E-state index in [0.717, 1.165) is 20.3 Å². The predicted octanol–water partition coefficient (Wildman–Crippen LogP) is 4.08. The number of hydrogen-bond acceptors (Lipinski definition) is 4. The lowest BCUT2D eigenvalue weighted by Crippen LogP contribution is -2.23. The van der Waals surface area contributed by atoms with Crippen LogP contribution >= 0.6 is 27.3 Å². The minimum atomic E-state index is -0.356. The molecule has 3 rings (SSSR count). The summed E-state index contributed by atoms with van der Waals surface area (Å²) >= 11 is 4.73. The van der Waals surface area contributed by atoms with Crippen molar-refractivity contribution in [3.8, 4) is 0 Å². The van der Waals surface area contributed by atoms with Crippen LogP contribution in [0.1, 0.15) is 22.8 Å². The number of carbonyl (C=O) groups excluding carboxylic acids is 2. The maximum Gasteiger partial charge on any atom is 0.326 e. The third-order valence-corrected chi connectivity index (χ3v) is 5.29. The molecule has 1 heterocycles. The van der Waals surface area contributed by atoms with Crippen LogP contribution in [0.3, 0.4) is 0 Å². The van der Waals surface area contributed by atoms with Crippen LogP contribution in [0.15, 0.2) is 51.9 Å². The first-order chi connectivity index (χ1) is 12.5. The Balaban J connectivity index is 2.09. The van der Waals surface area contributed by atoms with Crippen LogP contribution < -0.4 is 4.80 Å². The molecule has 0 aliphatic heterocycles. The van der Waals surface area contributed by atoms with E-state index >= 15 is 0 Å². The maximum atomic E-state index is 12.5. The van der Waals surface area contributed by atoms with Crippen LogP contribution in [-0.2, 0) is 16.1 Å². The lowest BCUT2D eigenvalue weighted by atomic mass is 10.2. The molecule has 0 saturated heterocycles. The number of thiazole rings is 1. The lowest BCUT2D eigenvalue weighted by molar-refractivity contribution is -0.143. The fourth-order valence-corrected chi connectivity index (χ4v) is 3.89. The average molecular weight is 433 g/mol. The molecule has 2 aromatic carbocycles. The van der Waals surface area contributed by atoms with Gasteiger partial charge in [-0.15, -0.1) is 0 Å². The fraction of sp³-hybridized carbons (Fsp3) is 0.211.